The van der Waals surface area contributed by atoms with E-state index in [2.05, 4.69) is 0 Å². The van der Waals surface area contributed by atoms with Crippen molar-refractivity contribution in [2.45, 2.75) is 25.1 Å². The number of benzene rings is 1. The molecule has 1 aromatic rings. The van der Waals surface area contributed by atoms with Crippen LogP contribution in [0.3, 0.4) is 0 Å². The summed E-state index contributed by atoms with van der Waals surface area (Å²) in [5, 5.41) is 15.8. The molecule has 0 amide bonds. The summed E-state index contributed by atoms with van der Waals surface area (Å²) in [5.74, 6) is -3.87. The minimum atomic E-state index is -5.08. The van der Waals surface area contributed by atoms with Gasteiger partial charge in [0.05, 0.1) is 0 Å². The monoisotopic (exact) mass is 293 g/mol. The van der Waals surface area contributed by atoms with E-state index in [4.69, 9.17) is 20.7 Å². The first-order chi connectivity index (χ1) is 9.07. The zero-order valence-corrected chi connectivity index (χ0v) is 10.5. The van der Waals surface area contributed by atoms with E-state index in [1.54, 1.807) is 0 Å². The molecule has 1 aromatic carbocycles. The van der Waals surface area contributed by atoms with Crippen LogP contribution >= 0.6 is 0 Å². The topological polar surface area (TPSA) is 101 Å². The maximum Gasteiger partial charge on any atom is 0.490 e. The zero-order valence-electron chi connectivity index (χ0n) is 10.5. The zero-order chi connectivity index (χ0) is 15.9. The molecule has 20 heavy (non-hydrogen) atoms. The lowest BCUT2D eigenvalue weighted by atomic mass is 9.94. The second kappa shape index (κ2) is 7.49. The maximum atomic E-state index is 10.6. The maximum absolute atomic E-state index is 10.6. The minimum absolute atomic E-state index is 0.154. The van der Waals surface area contributed by atoms with E-state index in [0.717, 1.165) is 5.56 Å². The molecule has 5 nitrogen and oxygen atoms in total. The Kier molecular flexibility index (Phi) is 6.70. The first-order valence-electron chi connectivity index (χ1n) is 5.40. The van der Waals surface area contributed by atoms with Crippen molar-refractivity contribution in [3.05, 3.63) is 35.9 Å². The van der Waals surface area contributed by atoms with Crippen molar-refractivity contribution in [1.29, 1.82) is 0 Å². The Morgan fingerprint density at radius 2 is 1.55 bits per heavy atom. The van der Waals surface area contributed by atoms with Gasteiger partial charge in [-0.2, -0.15) is 13.2 Å². The number of hydrogen-bond acceptors (Lipinski definition) is 3. The van der Waals surface area contributed by atoms with Gasteiger partial charge in [-0.25, -0.2) is 4.79 Å². The fraction of sp³-hybridized carbons (Fsp3) is 0.333. The molecule has 2 unspecified atom stereocenters. The van der Waals surface area contributed by atoms with Gasteiger partial charge in [0, 0.05) is 5.92 Å². The van der Waals surface area contributed by atoms with Gasteiger partial charge in [-0.15, -0.1) is 0 Å². The molecule has 0 aliphatic carbocycles. The predicted molar refractivity (Wildman–Crippen MR) is 64.2 cm³/mol. The van der Waals surface area contributed by atoms with E-state index < -0.39 is 24.2 Å². The van der Waals surface area contributed by atoms with Gasteiger partial charge in [0.1, 0.15) is 6.04 Å². The molecule has 0 saturated heterocycles. The number of aliphatic carboxylic acids is 2. The highest BCUT2D eigenvalue weighted by Crippen LogP contribution is 2.17. The second-order valence-electron chi connectivity index (χ2n) is 3.87. The third-order valence-corrected chi connectivity index (χ3v) is 2.39. The number of alkyl halides is 3. The average Bonchev–Trinajstić information content (AvgIpc) is 2.37. The van der Waals surface area contributed by atoms with Crippen LogP contribution in [0.4, 0.5) is 13.2 Å². The van der Waals surface area contributed by atoms with Gasteiger partial charge in [0.15, 0.2) is 0 Å². The van der Waals surface area contributed by atoms with Gasteiger partial charge in [-0.1, -0.05) is 37.3 Å². The molecule has 0 aromatic heterocycles. The lowest BCUT2D eigenvalue weighted by molar-refractivity contribution is -0.192. The van der Waals surface area contributed by atoms with Crippen LogP contribution < -0.4 is 5.73 Å². The van der Waals surface area contributed by atoms with Gasteiger partial charge >= 0.3 is 18.1 Å². The third kappa shape index (κ3) is 6.19. The summed E-state index contributed by atoms with van der Waals surface area (Å²) in [6.45, 7) is 1.81. The standard InChI is InChI=1S/C10H13NO2.C2HF3O2/c1-7(9(11)10(12)13)8-5-3-2-4-6-8;3-2(4,5)1(6)7/h2-7,9H,11H2,1H3,(H,12,13);(H,6,7). The molecule has 0 aliphatic rings. The fourth-order valence-electron chi connectivity index (χ4n) is 1.18. The first-order valence-corrected chi connectivity index (χ1v) is 5.40. The summed E-state index contributed by atoms with van der Waals surface area (Å²) in [5.41, 5.74) is 6.45. The van der Waals surface area contributed by atoms with Crippen LogP contribution in [0, 0.1) is 0 Å². The van der Waals surface area contributed by atoms with Crippen molar-refractivity contribution in [3.63, 3.8) is 0 Å². The van der Waals surface area contributed by atoms with Crippen LogP contribution in [0.25, 0.3) is 0 Å². The Morgan fingerprint density at radius 3 is 1.85 bits per heavy atom. The SMILES string of the molecule is CC(c1ccccc1)C(N)C(=O)O.O=C(O)C(F)(F)F. The van der Waals surface area contributed by atoms with E-state index in [1.165, 1.54) is 0 Å². The number of carbonyl (C=O) groups is 2. The summed E-state index contributed by atoms with van der Waals surface area (Å²) in [6, 6.07) is 8.58. The molecule has 0 bridgehead atoms. The van der Waals surface area contributed by atoms with Gasteiger partial charge in [-0.05, 0) is 5.56 Å². The molecule has 0 saturated carbocycles. The molecule has 1 rings (SSSR count). The van der Waals surface area contributed by atoms with Gasteiger partial charge in [0.2, 0.25) is 0 Å². The second-order valence-corrected chi connectivity index (χ2v) is 3.87. The third-order valence-electron chi connectivity index (χ3n) is 2.39. The van der Waals surface area contributed by atoms with Crippen molar-refractivity contribution in [1.82, 2.24) is 0 Å². The summed E-state index contributed by atoms with van der Waals surface area (Å²) in [4.78, 5) is 19.5. The van der Waals surface area contributed by atoms with Gasteiger partial charge in [-0.3, -0.25) is 4.79 Å². The fourth-order valence-corrected chi connectivity index (χ4v) is 1.18. The van der Waals surface area contributed by atoms with Gasteiger partial charge in [0.25, 0.3) is 0 Å². The molecule has 0 radical (unpaired) electrons. The van der Waals surface area contributed by atoms with E-state index in [0.29, 0.717) is 0 Å². The van der Waals surface area contributed by atoms with Crippen LogP contribution in [0.2, 0.25) is 0 Å². The van der Waals surface area contributed by atoms with Crippen molar-refractivity contribution >= 4 is 11.9 Å². The Morgan fingerprint density at radius 1 is 1.15 bits per heavy atom. The Hall–Kier alpha value is -2.09. The largest absolute Gasteiger partial charge is 0.490 e. The molecule has 8 heteroatoms. The number of carboxylic acid groups (broad SMARTS) is 2. The lowest BCUT2D eigenvalue weighted by Crippen LogP contribution is -2.35. The molecule has 2 atom stereocenters. The summed E-state index contributed by atoms with van der Waals surface area (Å²) in [7, 11) is 0. The smallest absolute Gasteiger partial charge is 0.480 e. The molecule has 4 N–H and O–H groups in total. The van der Waals surface area contributed by atoms with Crippen LogP contribution in [0.5, 0.6) is 0 Å². The van der Waals surface area contributed by atoms with E-state index in [9.17, 15) is 18.0 Å². The quantitative estimate of drug-likeness (QED) is 0.789. The van der Waals surface area contributed by atoms with E-state index in [1.807, 2.05) is 37.3 Å². The molecule has 0 heterocycles. The molecule has 112 valence electrons. The summed E-state index contributed by atoms with van der Waals surface area (Å²) < 4.78 is 31.7. The number of carboxylic acids is 2. The van der Waals surface area contributed by atoms with Crippen molar-refractivity contribution in [2.75, 3.05) is 0 Å². The number of hydrogen-bond donors (Lipinski definition) is 3. The van der Waals surface area contributed by atoms with E-state index >= 15 is 0 Å². The van der Waals surface area contributed by atoms with Crippen molar-refractivity contribution in [3.8, 4) is 0 Å². The van der Waals surface area contributed by atoms with Crippen LogP contribution in [0.1, 0.15) is 18.4 Å². The minimum Gasteiger partial charge on any atom is -0.480 e. The highest BCUT2D eigenvalue weighted by atomic mass is 19.4. The number of halogens is 3. The predicted octanol–water partition coefficient (Wildman–Crippen LogP) is 1.84. The highest BCUT2D eigenvalue weighted by molar-refractivity contribution is 5.74. The molecule has 0 aliphatic heterocycles. The van der Waals surface area contributed by atoms with Crippen LogP contribution in [0.15, 0.2) is 30.3 Å². The molecule has 0 spiro atoms. The summed E-state index contributed by atoms with van der Waals surface area (Å²) in [6.07, 6.45) is -5.08. The average molecular weight is 293 g/mol. The highest BCUT2D eigenvalue weighted by Gasteiger charge is 2.38. The Balaban J connectivity index is 0.000000441. The molecular weight excluding hydrogens is 279 g/mol. The van der Waals surface area contributed by atoms with Crippen LogP contribution in [-0.4, -0.2) is 34.4 Å². The summed E-state index contributed by atoms with van der Waals surface area (Å²) >= 11 is 0. The normalized spacial score (nSPS) is 13.7. The molecular formula is C12H14F3NO4. The Labute approximate surface area is 112 Å². The Bertz CT molecular complexity index is 448. The van der Waals surface area contributed by atoms with Crippen LogP contribution in [-0.2, 0) is 9.59 Å². The van der Waals surface area contributed by atoms with Crippen molar-refractivity contribution in [2.24, 2.45) is 5.73 Å². The first kappa shape index (κ1) is 17.9. The molecule has 0 fully saturated rings. The number of nitrogens with two attached hydrogens (primary N) is 1. The van der Waals surface area contributed by atoms with Crippen molar-refractivity contribution < 1.29 is 33.0 Å². The number of rotatable bonds is 3. The van der Waals surface area contributed by atoms with Gasteiger partial charge < -0.3 is 15.9 Å². The lowest BCUT2D eigenvalue weighted by Gasteiger charge is -2.15. The van der Waals surface area contributed by atoms with E-state index in [-0.39, 0.29) is 5.92 Å².